The molecule has 2 aromatic heterocycles. The molecule has 0 N–H and O–H groups in total. The smallest absolute Gasteiger partial charge is 0.256 e. The number of hydrogen-bond acceptors (Lipinski definition) is 2. The quantitative estimate of drug-likeness (QED) is 0.658. The highest BCUT2D eigenvalue weighted by Crippen LogP contribution is 2.23. The zero-order valence-corrected chi connectivity index (χ0v) is 16.1. The van der Waals surface area contributed by atoms with Crippen LogP contribution in [0.15, 0.2) is 54.9 Å². The van der Waals surface area contributed by atoms with Gasteiger partial charge in [-0.1, -0.05) is 6.07 Å². The second-order valence-corrected chi connectivity index (χ2v) is 6.98. The summed E-state index contributed by atoms with van der Waals surface area (Å²) in [4.78, 5) is 19.3. The van der Waals surface area contributed by atoms with Crippen LogP contribution in [0.2, 0.25) is 0 Å². The fraction of sp³-hybridized carbons (Fsp3) is 0.273. The van der Waals surface area contributed by atoms with Crippen molar-refractivity contribution in [1.29, 1.82) is 0 Å². The first-order valence-electron chi connectivity index (χ1n) is 9.03. The molecule has 0 aliphatic heterocycles. The highest BCUT2D eigenvalue weighted by atomic mass is 19.1. The van der Waals surface area contributed by atoms with Crippen molar-refractivity contribution in [2.24, 2.45) is 0 Å². The van der Waals surface area contributed by atoms with Crippen molar-refractivity contribution < 1.29 is 9.18 Å². The number of amides is 1. The van der Waals surface area contributed by atoms with Crippen LogP contribution in [0.25, 0.3) is 5.69 Å². The van der Waals surface area contributed by atoms with Gasteiger partial charge in [-0.2, -0.15) is 0 Å². The fourth-order valence-electron chi connectivity index (χ4n) is 3.30. The van der Waals surface area contributed by atoms with E-state index in [1.807, 2.05) is 55.4 Å². The molecular formula is C22H24FN3O. The molecular weight excluding hydrogens is 341 g/mol. The Labute approximate surface area is 159 Å². The van der Waals surface area contributed by atoms with Crippen LogP contribution >= 0.6 is 0 Å². The van der Waals surface area contributed by atoms with Crippen LogP contribution in [0.1, 0.15) is 41.2 Å². The SMILES string of the molecule is Cc1cc(C(=O)N(Cc2cccnc2)C(C)C)c(C)n1-c1ccc(F)cc1. The maximum absolute atomic E-state index is 13.3. The average molecular weight is 365 g/mol. The van der Waals surface area contributed by atoms with Crippen molar-refractivity contribution in [2.75, 3.05) is 0 Å². The van der Waals surface area contributed by atoms with E-state index in [1.165, 1.54) is 12.1 Å². The van der Waals surface area contributed by atoms with Gasteiger partial charge in [0.15, 0.2) is 0 Å². The first-order chi connectivity index (χ1) is 12.9. The van der Waals surface area contributed by atoms with Crippen LogP contribution in [-0.2, 0) is 6.54 Å². The summed E-state index contributed by atoms with van der Waals surface area (Å²) in [5, 5.41) is 0. The molecule has 0 aliphatic carbocycles. The minimum absolute atomic E-state index is 0.0182. The number of aryl methyl sites for hydroxylation is 1. The summed E-state index contributed by atoms with van der Waals surface area (Å²) in [6.45, 7) is 8.39. The van der Waals surface area contributed by atoms with E-state index < -0.39 is 0 Å². The van der Waals surface area contributed by atoms with Crippen LogP contribution in [-0.4, -0.2) is 26.4 Å². The van der Waals surface area contributed by atoms with Crippen molar-refractivity contribution in [3.63, 3.8) is 0 Å². The van der Waals surface area contributed by atoms with Gasteiger partial charge in [-0.25, -0.2) is 4.39 Å². The van der Waals surface area contributed by atoms with Gasteiger partial charge in [0.2, 0.25) is 0 Å². The number of pyridine rings is 1. The van der Waals surface area contributed by atoms with Crippen LogP contribution in [0, 0.1) is 19.7 Å². The second kappa shape index (κ2) is 7.74. The zero-order valence-electron chi connectivity index (χ0n) is 16.1. The van der Waals surface area contributed by atoms with E-state index in [2.05, 4.69) is 4.98 Å². The van der Waals surface area contributed by atoms with Crippen molar-refractivity contribution in [2.45, 2.75) is 40.3 Å². The van der Waals surface area contributed by atoms with Crippen molar-refractivity contribution in [3.05, 3.63) is 83.2 Å². The largest absolute Gasteiger partial charge is 0.332 e. The normalized spacial score (nSPS) is 11.0. The van der Waals surface area contributed by atoms with Gasteiger partial charge in [0.1, 0.15) is 5.82 Å². The van der Waals surface area contributed by atoms with E-state index in [-0.39, 0.29) is 17.8 Å². The summed E-state index contributed by atoms with van der Waals surface area (Å²) in [5.74, 6) is -0.296. The molecule has 140 valence electrons. The third kappa shape index (κ3) is 3.92. The molecule has 27 heavy (non-hydrogen) atoms. The van der Waals surface area contributed by atoms with Gasteiger partial charge in [-0.05, 0) is 69.7 Å². The first kappa shape index (κ1) is 18.8. The predicted molar refractivity (Wildman–Crippen MR) is 104 cm³/mol. The number of aromatic nitrogens is 2. The maximum atomic E-state index is 13.3. The predicted octanol–water partition coefficient (Wildman–Crippen LogP) is 4.68. The Morgan fingerprint density at radius 3 is 2.48 bits per heavy atom. The lowest BCUT2D eigenvalue weighted by Crippen LogP contribution is -2.36. The van der Waals surface area contributed by atoms with E-state index in [4.69, 9.17) is 0 Å². The number of hydrogen-bond donors (Lipinski definition) is 0. The number of benzene rings is 1. The van der Waals surface area contributed by atoms with Gasteiger partial charge < -0.3 is 9.47 Å². The molecule has 0 spiro atoms. The molecule has 0 saturated heterocycles. The van der Waals surface area contributed by atoms with E-state index >= 15 is 0 Å². The minimum atomic E-state index is -0.278. The van der Waals surface area contributed by atoms with E-state index in [0.29, 0.717) is 12.1 Å². The Balaban J connectivity index is 1.96. The molecule has 1 aromatic carbocycles. The average Bonchev–Trinajstić information content (AvgIpc) is 2.95. The molecule has 0 fully saturated rings. The lowest BCUT2D eigenvalue weighted by Gasteiger charge is -2.27. The van der Waals surface area contributed by atoms with Gasteiger partial charge in [0.05, 0.1) is 5.56 Å². The topological polar surface area (TPSA) is 38.1 Å². The van der Waals surface area contributed by atoms with Gasteiger partial charge in [-0.3, -0.25) is 9.78 Å². The van der Waals surface area contributed by atoms with Crippen molar-refractivity contribution >= 4 is 5.91 Å². The number of halogens is 1. The number of rotatable bonds is 5. The minimum Gasteiger partial charge on any atom is -0.332 e. The summed E-state index contributed by atoms with van der Waals surface area (Å²) >= 11 is 0. The maximum Gasteiger partial charge on any atom is 0.256 e. The van der Waals surface area contributed by atoms with E-state index in [9.17, 15) is 9.18 Å². The molecule has 4 nitrogen and oxygen atoms in total. The Bertz CT molecular complexity index is 930. The number of nitrogens with zero attached hydrogens (tertiary/aromatic N) is 3. The molecule has 0 unspecified atom stereocenters. The van der Waals surface area contributed by atoms with Crippen molar-refractivity contribution in [3.8, 4) is 5.69 Å². The Kier molecular flexibility index (Phi) is 5.40. The highest BCUT2D eigenvalue weighted by molar-refractivity contribution is 5.96. The molecule has 3 aromatic rings. The van der Waals surface area contributed by atoms with Crippen LogP contribution in [0.3, 0.4) is 0 Å². The van der Waals surface area contributed by atoms with Gasteiger partial charge in [0.25, 0.3) is 5.91 Å². The molecule has 5 heteroatoms. The molecule has 0 atom stereocenters. The molecule has 0 bridgehead atoms. The summed E-state index contributed by atoms with van der Waals surface area (Å²) in [7, 11) is 0. The number of carbonyl (C=O) groups excluding carboxylic acids is 1. The van der Waals surface area contributed by atoms with Crippen LogP contribution in [0.5, 0.6) is 0 Å². The lowest BCUT2D eigenvalue weighted by molar-refractivity contribution is 0.0689. The molecule has 2 heterocycles. The summed E-state index contributed by atoms with van der Waals surface area (Å²) < 4.78 is 15.2. The zero-order chi connectivity index (χ0) is 19.6. The van der Waals surface area contributed by atoms with Gasteiger partial charge in [0, 0.05) is 42.1 Å². The standard InChI is InChI=1S/C22H24FN3O/c1-15(2)25(14-18-6-5-11-24-13-18)22(27)21-12-16(3)26(17(21)4)20-9-7-19(23)8-10-20/h5-13,15H,14H2,1-4H3. The van der Waals surface area contributed by atoms with Crippen LogP contribution < -0.4 is 0 Å². The molecule has 3 rings (SSSR count). The fourth-order valence-corrected chi connectivity index (χ4v) is 3.30. The molecule has 0 aliphatic rings. The Hall–Kier alpha value is -2.95. The van der Waals surface area contributed by atoms with E-state index in [0.717, 1.165) is 22.6 Å². The van der Waals surface area contributed by atoms with Gasteiger partial charge >= 0.3 is 0 Å². The summed E-state index contributed by atoms with van der Waals surface area (Å²) in [5.41, 5.74) is 4.28. The summed E-state index contributed by atoms with van der Waals surface area (Å²) in [6, 6.07) is 12.1. The monoisotopic (exact) mass is 365 g/mol. The molecule has 0 saturated carbocycles. The first-order valence-corrected chi connectivity index (χ1v) is 9.03. The van der Waals surface area contributed by atoms with E-state index in [1.54, 1.807) is 24.5 Å². The lowest BCUT2D eigenvalue weighted by atomic mass is 10.1. The second-order valence-electron chi connectivity index (χ2n) is 6.98. The van der Waals surface area contributed by atoms with Crippen molar-refractivity contribution in [1.82, 2.24) is 14.5 Å². The highest BCUT2D eigenvalue weighted by Gasteiger charge is 2.24. The van der Waals surface area contributed by atoms with Crippen LogP contribution in [0.4, 0.5) is 4.39 Å². The molecule has 1 amide bonds. The third-order valence-corrected chi connectivity index (χ3v) is 4.71. The summed E-state index contributed by atoms with van der Waals surface area (Å²) in [6.07, 6.45) is 3.51. The molecule has 0 radical (unpaired) electrons. The Morgan fingerprint density at radius 1 is 1.19 bits per heavy atom. The third-order valence-electron chi connectivity index (χ3n) is 4.71. The number of carbonyl (C=O) groups is 1. The Morgan fingerprint density at radius 2 is 1.89 bits per heavy atom. The van der Waals surface area contributed by atoms with Gasteiger partial charge in [-0.15, -0.1) is 0 Å².